The number of hydrogen-bond acceptors (Lipinski definition) is 3. The lowest BCUT2D eigenvalue weighted by Gasteiger charge is -2.11. The zero-order valence-electron chi connectivity index (χ0n) is 14.0. The zero-order chi connectivity index (χ0) is 17.0. The van der Waals surface area contributed by atoms with E-state index in [0.717, 1.165) is 0 Å². The van der Waals surface area contributed by atoms with E-state index in [2.05, 4.69) is 73.8 Å². The molecule has 0 unspecified atom stereocenters. The van der Waals surface area contributed by atoms with E-state index in [1.807, 2.05) is 34.0 Å². The summed E-state index contributed by atoms with van der Waals surface area (Å²) in [7, 11) is 0. The lowest BCUT2D eigenvalue weighted by molar-refractivity contribution is 1.65. The van der Waals surface area contributed by atoms with Crippen molar-refractivity contribution in [1.29, 1.82) is 0 Å². The van der Waals surface area contributed by atoms with Crippen molar-refractivity contribution in [2.24, 2.45) is 0 Å². The molecule has 0 radical (unpaired) electrons. The molecule has 25 heavy (non-hydrogen) atoms. The van der Waals surface area contributed by atoms with Gasteiger partial charge in [-0.3, -0.25) is 0 Å². The quantitative estimate of drug-likeness (QED) is 0.292. The van der Waals surface area contributed by atoms with E-state index in [1.54, 1.807) is 0 Å². The molecule has 0 saturated carbocycles. The molecule has 3 aromatic heterocycles. The lowest BCUT2D eigenvalue weighted by Crippen LogP contribution is -1.83. The molecule has 122 valence electrons. The molecular weight excluding hydrogens is 360 g/mol. The van der Waals surface area contributed by atoms with Crippen molar-refractivity contribution >= 4 is 54.2 Å². The maximum absolute atomic E-state index is 2.37. The molecule has 0 aliphatic rings. The minimum Gasteiger partial charge on any atom is -0.144 e. The van der Waals surface area contributed by atoms with Crippen molar-refractivity contribution < 1.29 is 0 Å². The van der Waals surface area contributed by atoms with Gasteiger partial charge in [-0.25, -0.2) is 0 Å². The van der Waals surface area contributed by atoms with Gasteiger partial charge in [0.15, 0.2) is 0 Å². The van der Waals surface area contributed by atoms with Gasteiger partial charge >= 0.3 is 0 Å². The lowest BCUT2D eigenvalue weighted by atomic mass is 9.96. The molecule has 0 atom stereocenters. The van der Waals surface area contributed by atoms with E-state index in [-0.39, 0.29) is 0 Å². The third-order valence-corrected chi connectivity index (χ3v) is 7.56. The minimum atomic E-state index is 1.31. The Bertz CT molecular complexity index is 1130. The highest BCUT2D eigenvalue weighted by atomic mass is 32.1. The van der Waals surface area contributed by atoms with Crippen LogP contribution in [-0.2, 0) is 0 Å². The predicted molar refractivity (Wildman–Crippen MR) is 115 cm³/mol. The molecule has 0 amide bonds. The van der Waals surface area contributed by atoms with Crippen molar-refractivity contribution in [2.45, 2.75) is 13.8 Å². The highest BCUT2D eigenvalue weighted by Crippen LogP contribution is 2.49. The number of benzene rings is 2. The first-order chi connectivity index (χ1) is 12.2. The maximum atomic E-state index is 2.37. The van der Waals surface area contributed by atoms with Crippen LogP contribution in [0.3, 0.4) is 0 Å². The Morgan fingerprint density at radius 3 is 1.96 bits per heavy atom. The largest absolute Gasteiger partial charge is 0.144 e. The molecule has 2 aromatic carbocycles. The third-order valence-electron chi connectivity index (χ3n) is 4.53. The fourth-order valence-corrected chi connectivity index (χ4v) is 6.62. The van der Waals surface area contributed by atoms with Crippen molar-refractivity contribution in [3.63, 3.8) is 0 Å². The Balaban J connectivity index is 2.03. The molecule has 0 fully saturated rings. The zero-order valence-corrected chi connectivity index (χ0v) is 16.4. The highest BCUT2D eigenvalue weighted by Gasteiger charge is 2.20. The van der Waals surface area contributed by atoms with Crippen LogP contribution in [0.15, 0.2) is 60.0 Å². The average Bonchev–Trinajstić information content (AvgIpc) is 3.32. The van der Waals surface area contributed by atoms with Crippen LogP contribution in [0.1, 0.15) is 9.75 Å². The van der Waals surface area contributed by atoms with Crippen LogP contribution in [0, 0.1) is 13.8 Å². The molecule has 0 N–H and O–H groups in total. The van der Waals surface area contributed by atoms with Gasteiger partial charge in [-0.2, -0.15) is 0 Å². The Labute approximate surface area is 159 Å². The van der Waals surface area contributed by atoms with Crippen molar-refractivity contribution in [3.05, 3.63) is 69.7 Å². The summed E-state index contributed by atoms with van der Waals surface area (Å²) < 4.78 is 2.83. The van der Waals surface area contributed by atoms with Crippen LogP contribution in [-0.4, -0.2) is 0 Å². The van der Waals surface area contributed by atoms with Crippen LogP contribution in [0.25, 0.3) is 41.7 Å². The van der Waals surface area contributed by atoms with Gasteiger partial charge in [0.1, 0.15) is 0 Å². The standard InChI is InChI=1S/C22H16S3/c1-13-11-16-19(15-7-4-3-5-8-15)21-17(12-14(2)24-21)20(22(16)25-13)18-9-6-10-23-18/h3-12H,1-2H3. The number of rotatable bonds is 2. The summed E-state index contributed by atoms with van der Waals surface area (Å²) in [5.41, 5.74) is 4.13. The smallest absolute Gasteiger partial charge is 0.0445 e. The first-order valence-electron chi connectivity index (χ1n) is 8.28. The summed E-state index contributed by atoms with van der Waals surface area (Å²) >= 11 is 5.68. The van der Waals surface area contributed by atoms with Gasteiger partial charge in [0.2, 0.25) is 0 Å². The summed E-state index contributed by atoms with van der Waals surface area (Å²) in [5.74, 6) is 0. The van der Waals surface area contributed by atoms with Gasteiger partial charge in [-0.15, -0.1) is 34.0 Å². The summed E-state index contributed by atoms with van der Waals surface area (Å²) in [5, 5.41) is 4.97. The Hall–Kier alpha value is -1.94. The summed E-state index contributed by atoms with van der Waals surface area (Å²) in [6, 6.07) is 20.0. The van der Waals surface area contributed by atoms with Gasteiger partial charge in [-0.1, -0.05) is 36.4 Å². The van der Waals surface area contributed by atoms with Crippen LogP contribution >= 0.6 is 34.0 Å². The van der Waals surface area contributed by atoms with E-state index in [1.165, 1.54) is 51.5 Å². The van der Waals surface area contributed by atoms with Crippen molar-refractivity contribution in [1.82, 2.24) is 0 Å². The molecule has 3 heterocycles. The first-order valence-corrected chi connectivity index (χ1v) is 10.8. The molecule has 0 aliphatic heterocycles. The molecule has 3 heteroatoms. The van der Waals surface area contributed by atoms with Crippen LogP contribution < -0.4 is 0 Å². The van der Waals surface area contributed by atoms with E-state index < -0.39 is 0 Å². The van der Waals surface area contributed by atoms with Crippen LogP contribution in [0.4, 0.5) is 0 Å². The van der Waals surface area contributed by atoms with Crippen LogP contribution in [0.5, 0.6) is 0 Å². The molecule has 0 bridgehead atoms. The number of hydrogen-bond donors (Lipinski definition) is 0. The Morgan fingerprint density at radius 1 is 0.680 bits per heavy atom. The fraction of sp³-hybridized carbons (Fsp3) is 0.0909. The molecular formula is C22H16S3. The molecule has 5 aromatic rings. The minimum absolute atomic E-state index is 1.31. The number of thiophene rings is 3. The van der Waals surface area contributed by atoms with Gasteiger partial charge in [0.25, 0.3) is 0 Å². The second-order valence-corrected chi connectivity index (χ2v) is 9.75. The maximum Gasteiger partial charge on any atom is 0.0445 e. The van der Waals surface area contributed by atoms with Gasteiger partial charge in [0.05, 0.1) is 0 Å². The molecule has 0 nitrogen and oxygen atoms in total. The van der Waals surface area contributed by atoms with Crippen LogP contribution in [0.2, 0.25) is 0 Å². The number of fused-ring (bicyclic) bond motifs is 2. The van der Waals surface area contributed by atoms with Crippen molar-refractivity contribution in [2.75, 3.05) is 0 Å². The van der Waals surface area contributed by atoms with E-state index >= 15 is 0 Å². The Kier molecular flexibility index (Phi) is 3.56. The summed E-state index contributed by atoms with van der Waals surface area (Å²) in [6.45, 7) is 4.44. The summed E-state index contributed by atoms with van der Waals surface area (Å²) in [4.78, 5) is 4.12. The van der Waals surface area contributed by atoms with E-state index in [4.69, 9.17) is 0 Å². The molecule has 0 saturated heterocycles. The van der Waals surface area contributed by atoms with Gasteiger partial charge < -0.3 is 0 Å². The SMILES string of the molecule is Cc1cc2c(-c3cccs3)c3sc(C)cc3c(-c3ccccc3)c2s1. The fourth-order valence-electron chi connectivity index (χ4n) is 3.57. The summed E-state index contributed by atoms with van der Waals surface area (Å²) in [6.07, 6.45) is 0. The van der Waals surface area contributed by atoms with E-state index in [0.29, 0.717) is 0 Å². The second-order valence-electron chi connectivity index (χ2n) is 6.29. The highest BCUT2D eigenvalue weighted by molar-refractivity contribution is 7.22. The second kappa shape index (κ2) is 5.80. The average molecular weight is 377 g/mol. The van der Waals surface area contributed by atoms with Gasteiger partial charge in [0, 0.05) is 45.9 Å². The molecule has 5 rings (SSSR count). The topological polar surface area (TPSA) is 0 Å². The van der Waals surface area contributed by atoms with E-state index in [9.17, 15) is 0 Å². The first kappa shape index (κ1) is 15.3. The number of aryl methyl sites for hydroxylation is 2. The monoisotopic (exact) mass is 376 g/mol. The Morgan fingerprint density at radius 2 is 1.32 bits per heavy atom. The predicted octanol–water partition coefficient (Wildman–Crippen LogP) is 8.13. The molecule has 0 spiro atoms. The van der Waals surface area contributed by atoms with Gasteiger partial charge in [-0.05, 0) is 43.0 Å². The molecule has 0 aliphatic carbocycles. The third kappa shape index (κ3) is 2.38. The normalized spacial score (nSPS) is 11.6. The van der Waals surface area contributed by atoms with Crippen molar-refractivity contribution in [3.8, 4) is 21.6 Å².